The number of nitrogens with zero attached hydrogens (tertiary/aromatic N) is 1. The van der Waals surface area contributed by atoms with Crippen LogP contribution in [0.5, 0.6) is 0 Å². The van der Waals surface area contributed by atoms with Crippen molar-refractivity contribution in [2.75, 3.05) is 0 Å². The fourth-order valence-corrected chi connectivity index (χ4v) is 1.87. The van der Waals surface area contributed by atoms with Gasteiger partial charge in [-0.05, 0) is 23.0 Å². The molecule has 0 amide bonds. The van der Waals surface area contributed by atoms with Crippen molar-refractivity contribution < 1.29 is 0 Å². The molecule has 1 nitrogen and oxygen atoms in total. The Morgan fingerprint density at radius 1 is 1.00 bits per heavy atom. The molecular weight excluding hydrogens is 194 g/mol. The molecule has 0 fully saturated rings. The monoisotopic (exact) mass is 219 g/mol. The maximum atomic E-state index is 4.69. The van der Waals surface area contributed by atoms with Gasteiger partial charge in [-0.15, -0.1) is 0 Å². The van der Waals surface area contributed by atoms with E-state index in [4.69, 9.17) is 0 Å². The minimum atomic E-state index is 0.120. The third-order valence-electron chi connectivity index (χ3n) is 2.87. The quantitative estimate of drug-likeness (QED) is 0.688. The number of rotatable bonds is 1. The van der Waals surface area contributed by atoms with E-state index in [0.717, 1.165) is 6.42 Å². The number of aryl methyl sites for hydroxylation is 1. The van der Waals surface area contributed by atoms with Crippen molar-refractivity contribution >= 4 is 0 Å². The fourth-order valence-electron chi connectivity index (χ4n) is 1.87. The highest BCUT2D eigenvalue weighted by Gasteiger charge is 2.26. The second kappa shape index (κ2) is 4.20. The standard InChI is InChI=1S/C15H25N/c1-8-11-9-12(14(2,3)4)13(16-10-11)15(5,6)7/h9-10H,8H2,1-7H3. The highest BCUT2D eigenvalue weighted by molar-refractivity contribution is 5.35. The Labute approximate surface area is 100 Å². The molecule has 0 bridgehead atoms. The number of aromatic nitrogens is 1. The average Bonchev–Trinajstić information content (AvgIpc) is 2.14. The summed E-state index contributed by atoms with van der Waals surface area (Å²) in [7, 11) is 0. The SMILES string of the molecule is CCc1cnc(C(C)(C)C)c(C(C)(C)C)c1. The van der Waals surface area contributed by atoms with Crippen molar-refractivity contribution in [2.24, 2.45) is 0 Å². The molecule has 0 saturated carbocycles. The maximum Gasteiger partial charge on any atom is 0.0494 e. The van der Waals surface area contributed by atoms with Gasteiger partial charge in [-0.25, -0.2) is 0 Å². The third kappa shape index (κ3) is 2.84. The van der Waals surface area contributed by atoms with Crippen LogP contribution in [0.2, 0.25) is 0 Å². The molecule has 0 spiro atoms. The van der Waals surface area contributed by atoms with E-state index in [9.17, 15) is 0 Å². The molecule has 0 aromatic carbocycles. The number of pyridine rings is 1. The molecule has 0 unspecified atom stereocenters. The molecular formula is C15H25N. The van der Waals surface area contributed by atoms with Crippen LogP contribution < -0.4 is 0 Å². The summed E-state index contributed by atoms with van der Waals surface area (Å²) in [6.45, 7) is 15.7. The summed E-state index contributed by atoms with van der Waals surface area (Å²) >= 11 is 0. The summed E-state index contributed by atoms with van der Waals surface area (Å²) in [5.41, 5.74) is 4.24. The Morgan fingerprint density at radius 3 is 1.94 bits per heavy atom. The van der Waals surface area contributed by atoms with Crippen LogP contribution in [0.3, 0.4) is 0 Å². The van der Waals surface area contributed by atoms with Gasteiger partial charge in [0.1, 0.15) is 0 Å². The third-order valence-corrected chi connectivity index (χ3v) is 2.87. The van der Waals surface area contributed by atoms with E-state index in [1.165, 1.54) is 16.8 Å². The van der Waals surface area contributed by atoms with Crippen molar-refractivity contribution in [1.29, 1.82) is 0 Å². The summed E-state index contributed by atoms with van der Waals surface area (Å²) in [6.07, 6.45) is 3.08. The van der Waals surface area contributed by atoms with E-state index in [0.29, 0.717) is 0 Å². The average molecular weight is 219 g/mol. The minimum Gasteiger partial charge on any atom is -0.260 e. The van der Waals surface area contributed by atoms with Gasteiger partial charge in [-0.1, -0.05) is 54.5 Å². The molecule has 1 rings (SSSR count). The van der Waals surface area contributed by atoms with Gasteiger partial charge in [-0.3, -0.25) is 4.98 Å². The van der Waals surface area contributed by atoms with Crippen LogP contribution in [0.15, 0.2) is 12.3 Å². The molecule has 16 heavy (non-hydrogen) atoms. The topological polar surface area (TPSA) is 12.9 Å². The van der Waals surface area contributed by atoms with Gasteiger partial charge in [0.25, 0.3) is 0 Å². The Hall–Kier alpha value is -0.850. The lowest BCUT2D eigenvalue weighted by atomic mass is 9.78. The van der Waals surface area contributed by atoms with Gasteiger partial charge in [0, 0.05) is 17.3 Å². The van der Waals surface area contributed by atoms with E-state index < -0.39 is 0 Å². The van der Waals surface area contributed by atoms with E-state index in [-0.39, 0.29) is 10.8 Å². The normalized spacial score (nSPS) is 12.9. The molecule has 0 N–H and O–H groups in total. The van der Waals surface area contributed by atoms with Crippen LogP contribution in [-0.4, -0.2) is 4.98 Å². The van der Waals surface area contributed by atoms with E-state index in [2.05, 4.69) is 59.5 Å². The van der Waals surface area contributed by atoms with Crippen LogP contribution >= 0.6 is 0 Å². The Kier molecular flexibility index (Phi) is 3.47. The maximum absolute atomic E-state index is 4.69. The minimum absolute atomic E-state index is 0.120. The number of hydrogen-bond donors (Lipinski definition) is 0. The largest absolute Gasteiger partial charge is 0.260 e. The lowest BCUT2D eigenvalue weighted by Crippen LogP contribution is -2.23. The first-order valence-electron chi connectivity index (χ1n) is 6.16. The van der Waals surface area contributed by atoms with Crippen molar-refractivity contribution in [3.05, 3.63) is 29.1 Å². The predicted molar refractivity (Wildman–Crippen MR) is 71.0 cm³/mol. The Morgan fingerprint density at radius 2 is 1.56 bits per heavy atom. The summed E-state index contributed by atoms with van der Waals surface area (Å²) < 4.78 is 0. The zero-order chi connectivity index (χ0) is 12.6. The Bertz CT molecular complexity index is 364. The molecule has 1 aromatic heterocycles. The summed E-state index contributed by atoms with van der Waals surface area (Å²) in [4.78, 5) is 4.69. The second-order valence-electron chi connectivity index (χ2n) is 6.59. The predicted octanol–water partition coefficient (Wildman–Crippen LogP) is 4.24. The summed E-state index contributed by atoms with van der Waals surface area (Å²) in [6, 6.07) is 2.33. The molecule has 0 atom stereocenters. The van der Waals surface area contributed by atoms with Crippen molar-refractivity contribution in [1.82, 2.24) is 4.98 Å². The molecule has 1 heterocycles. The first-order chi connectivity index (χ1) is 7.16. The van der Waals surface area contributed by atoms with Crippen LogP contribution in [0.25, 0.3) is 0 Å². The first-order valence-corrected chi connectivity index (χ1v) is 6.16. The highest BCUT2D eigenvalue weighted by atomic mass is 14.7. The molecule has 1 heteroatoms. The van der Waals surface area contributed by atoms with Gasteiger partial charge in [0.2, 0.25) is 0 Å². The van der Waals surface area contributed by atoms with E-state index in [1.807, 2.05) is 6.20 Å². The van der Waals surface area contributed by atoms with E-state index >= 15 is 0 Å². The van der Waals surface area contributed by atoms with Crippen molar-refractivity contribution in [3.63, 3.8) is 0 Å². The molecule has 0 aliphatic carbocycles. The lowest BCUT2D eigenvalue weighted by Gasteiger charge is -2.29. The number of hydrogen-bond acceptors (Lipinski definition) is 1. The lowest BCUT2D eigenvalue weighted by molar-refractivity contribution is 0.513. The highest BCUT2D eigenvalue weighted by Crippen LogP contribution is 2.32. The Balaban J connectivity index is 3.40. The van der Waals surface area contributed by atoms with Crippen LogP contribution in [0, 0.1) is 0 Å². The first kappa shape index (κ1) is 13.2. The van der Waals surface area contributed by atoms with Gasteiger partial charge in [-0.2, -0.15) is 0 Å². The molecule has 0 radical (unpaired) electrons. The molecule has 0 aliphatic heterocycles. The van der Waals surface area contributed by atoms with Gasteiger partial charge in [0.15, 0.2) is 0 Å². The van der Waals surface area contributed by atoms with E-state index in [1.54, 1.807) is 0 Å². The van der Waals surface area contributed by atoms with Crippen molar-refractivity contribution in [3.8, 4) is 0 Å². The molecule has 90 valence electrons. The van der Waals surface area contributed by atoms with Gasteiger partial charge >= 0.3 is 0 Å². The van der Waals surface area contributed by atoms with Crippen LogP contribution in [0.1, 0.15) is 65.3 Å². The fraction of sp³-hybridized carbons (Fsp3) is 0.667. The smallest absolute Gasteiger partial charge is 0.0494 e. The van der Waals surface area contributed by atoms with Gasteiger partial charge < -0.3 is 0 Å². The molecule has 1 aromatic rings. The zero-order valence-corrected chi connectivity index (χ0v) is 11.8. The molecule has 0 aliphatic rings. The second-order valence-corrected chi connectivity index (χ2v) is 6.59. The zero-order valence-electron chi connectivity index (χ0n) is 11.8. The summed E-state index contributed by atoms with van der Waals surface area (Å²) in [5.74, 6) is 0. The van der Waals surface area contributed by atoms with Gasteiger partial charge in [0.05, 0.1) is 0 Å². The summed E-state index contributed by atoms with van der Waals surface area (Å²) in [5, 5.41) is 0. The van der Waals surface area contributed by atoms with Crippen LogP contribution in [0.4, 0.5) is 0 Å². The molecule has 0 saturated heterocycles. The van der Waals surface area contributed by atoms with Crippen molar-refractivity contribution in [2.45, 2.75) is 65.7 Å². The van der Waals surface area contributed by atoms with Crippen LogP contribution in [-0.2, 0) is 17.3 Å².